The lowest BCUT2D eigenvalue weighted by Gasteiger charge is -2.34. The number of carbonyl (C=O) groups excluding carboxylic acids is 1. The number of sulfonamides is 1. The number of rotatable bonds is 4. The zero-order chi connectivity index (χ0) is 18.9. The molecule has 1 aliphatic heterocycles. The number of fused-ring (bicyclic) bond motifs is 1. The maximum absolute atomic E-state index is 12.9. The third-order valence-electron chi connectivity index (χ3n) is 4.34. The molecule has 0 fully saturated rings. The highest BCUT2D eigenvalue weighted by atomic mass is 32.2. The third kappa shape index (κ3) is 3.92. The van der Waals surface area contributed by atoms with Crippen molar-refractivity contribution in [3.05, 3.63) is 70.8 Å². The minimum atomic E-state index is -3.73. The van der Waals surface area contributed by atoms with E-state index in [1.807, 2.05) is 24.3 Å². The molecule has 0 unspecified atom stereocenters. The normalized spacial score (nSPS) is 16.8. The minimum absolute atomic E-state index is 0.186. The molecule has 0 saturated heterocycles. The molecule has 3 rings (SSSR count). The van der Waals surface area contributed by atoms with Crippen LogP contribution in [-0.4, -0.2) is 36.3 Å². The number of aliphatic carboxylic acids is 1. The standard InChI is InChI=1S/C18H18N2O5S/c19-26(24,25)11-12-4-3-7-14(8-12)17(21)20-10-15-6-2-1-5-13(15)9-16(20)18(22)23/h1-8,16H,9-11H2,(H,22,23)(H2,19,24,25)/t16-/m1/s1. The number of nitrogens with zero attached hydrogens (tertiary/aromatic N) is 1. The topological polar surface area (TPSA) is 118 Å². The van der Waals surface area contributed by atoms with Gasteiger partial charge in [0.05, 0.1) is 5.75 Å². The first kappa shape index (κ1) is 18.1. The van der Waals surface area contributed by atoms with Crippen molar-refractivity contribution in [3.63, 3.8) is 0 Å². The van der Waals surface area contributed by atoms with Gasteiger partial charge < -0.3 is 10.0 Å². The van der Waals surface area contributed by atoms with Gasteiger partial charge >= 0.3 is 5.97 Å². The van der Waals surface area contributed by atoms with Gasteiger partial charge in [-0.05, 0) is 28.8 Å². The van der Waals surface area contributed by atoms with Crippen LogP contribution in [-0.2, 0) is 33.5 Å². The Labute approximate surface area is 151 Å². The van der Waals surface area contributed by atoms with E-state index in [9.17, 15) is 23.1 Å². The molecule has 3 N–H and O–H groups in total. The molecule has 2 aromatic carbocycles. The Morgan fingerprint density at radius 3 is 2.46 bits per heavy atom. The Morgan fingerprint density at radius 2 is 1.81 bits per heavy atom. The summed E-state index contributed by atoms with van der Waals surface area (Å²) in [6, 6.07) is 12.5. The number of hydrogen-bond donors (Lipinski definition) is 2. The predicted molar refractivity (Wildman–Crippen MR) is 94.7 cm³/mol. The van der Waals surface area contributed by atoms with Crippen molar-refractivity contribution in [2.75, 3.05) is 0 Å². The molecular weight excluding hydrogens is 356 g/mol. The predicted octanol–water partition coefficient (Wildman–Crippen LogP) is 1.13. The molecule has 1 heterocycles. The third-order valence-corrected chi connectivity index (χ3v) is 5.07. The highest BCUT2D eigenvalue weighted by molar-refractivity contribution is 7.88. The lowest BCUT2D eigenvalue weighted by Crippen LogP contribution is -2.48. The first-order chi connectivity index (χ1) is 12.2. The number of primary sulfonamides is 1. The van der Waals surface area contributed by atoms with Crippen molar-refractivity contribution < 1.29 is 23.1 Å². The van der Waals surface area contributed by atoms with E-state index in [4.69, 9.17) is 5.14 Å². The summed E-state index contributed by atoms with van der Waals surface area (Å²) in [6.45, 7) is 0.186. The summed E-state index contributed by atoms with van der Waals surface area (Å²) in [4.78, 5) is 25.9. The van der Waals surface area contributed by atoms with E-state index >= 15 is 0 Å². The average molecular weight is 374 g/mol. The van der Waals surface area contributed by atoms with Gasteiger partial charge in [-0.25, -0.2) is 18.4 Å². The molecule has 7 nitrogen and oxygen atoms in total. The van der Waals surface area contributed by atoms with Crippen LogP contribution in [0.1, 0.15) is 27.0 Å². The molecular formula is C18H18N2O5S. The molecule has 1 atom stereocenters. The van der Waals surface area contributed by atoms with Gasteiger partial charge in [0.1, 0.15) is 6.04 Å². The monoisotopic (exact) mass is 374 g/mol. The van der Waals surface area contributed by atoms with Crippen molar-refractivity contribution in [2.45, 2.75) is 24.8 Å². The SMILES string of the molecule is NS(=O)(=O)Cc1cccc(C(=O)N2Cc3ccccc3C[C@@H]2C(=O)O)c1. The Balaban J connectivity index is 1.93. The maximum atomic E-state index is 12.9. The van der Waals surface area contributed by atoms with E-state index in [2.05, 4.69) is 0 Å². The molecule has 26 heavy (non-hydrogen) atoms. The number of benzene rings is 2. The van der Waals surface area contributed by atoms with E-state index in [0.717, 1.165) is 11.1 Å². The minimum Gasteiger partial charge on any atom is -0.480 e. The Bertz CT molecular complexity index is 971. The Hall–Kier alpha value is -2.71. The molecule has 2 aromatic rings. The molecule has 1 aliphatic rings. The van der Waals surface area contributed by atoms with E-state index in [1.54, 1.807) is 12.1 Å². The fourth-order valence-corrected chi connectivity index (χ4v) is 3.79. The van der Waals surface area contributed by atoms with E-state index in [-0.39, 0.29) is 24.3 Å². The molecule has 0 bridgehead atoms. The second kappa shape index (κ2) is 6.89. The van der Waals surface area contributed by atoms with Crippen LogP contribution in [0.25, 0.3) is 0 Å². The van der Waals surface area contributed by atoms with E-state index in [1.165, 1.54) is 17.0 Å². The fraction of sp³-hybridized carbons (Fsp3) is 0.222. The number of nitrogens with two attached hydrogens (primary N) is 1. The zero-order valence-corrected chi connectivity index (χ0v) is 14.6. The molecule has 0 aliphatic carbocycles. The van der Waals surface area contributed by atoms with Crippen LogP contribution in [0.2, 0.25) is 0 Å². The first-order valence-electron chi connectivity index (χ1n) is 7.94. The van der Waals surface area contributed by atoms with Gasteiger partial charge in [-0.3, -0.25) is 4.79 Å². The summed E-state index contributed by atoms with van der Waals surface area (Å²) in [6.07, 6.45) is 0.230. The Kier molecular flexibility index (Phi) is 4.80. The van der Waals surface area contributed by atoms with Gasteiger partial charge in [-0.2, -0.15) is 0 Å². The summed E-state index contributed by atoms with van der Waals surface area (Å²) in [7, 11) is -3.73. The number of carbonyl (C=O) groups is 2. The van der Waals surface area contributed by atoms with Gasteiger partial charge in [-0.15, -0.1) is 0 Å². The van der Waals surface area contributed by atoms with Crippen LogP contribution in [0.4, 0.5) is 0 Å². The van der Waals surface area contributed by atoms with Crippen LogP contribution in [0, 0.1) is 0 Å². The highest BCUT2D eigenvalue weighted by Crippen LogP contribution is 2.25. The number of carboxylic acid groups (broad SMARTS) is 1. The van der Waals surface area contributed by atoms with E-state index < -0.39 is 27.9 Å². The fourth-order valence-electron chi connectivity index (χ4n) is 3.15. The number of carboxylic acids is 1. The molecule has 0 aromatic heterocycles. The molecule has 0 saturated carbocycles. The summed E-state index contributed by atoms with van der Waals surface area (Å²) in [5.41, 5.74) is 2.42. The van der Waals surface area contributed by atoms with Crippen LogP contribution >= 0.6 is 0 Å². The molecule has 8 heteroatoms. The second-order valence-corrected chi connectivity index (χ2v) is 7.88. The second-order valence-electron chi connectivity index (χ2n) is 6.27. The van der Waals surface area contributed by atoms with Crippen LogP contribution in [0.5, 0.6) is 0 Å². The van der Waals surface area contributed by atoms with Gasteiger partial charge in [0.2, 0.25) is 10.0 Å². The van der Waals surface area contributed by atoms with Crippen molar-refractivity contribution in [1.82, 2.24) is 4.90 Å². The summed E-state index contributed by atoms with van der Waals surface area (Å²) >= 11 is 0. The molecule has 0 spiro atoms. The summed E-state index contributed by atoms with van der Waals surface area (Å²) in [5.74, 6) is -1.92. The van der Waals surface area contributed by atoms with Gasteiger partial charge in [0.25, 0.3) is 5.91 Å². The zero-order valence-electron chi connectivity index (χ0n) is 13.8. The molecule has 1 amide bonds. The van der Waals surface area contributed by atoms with Crippen molar-refractivity contribution >= 4 is 21.9 Å². The van der Waals surface area contributed by atoms with Gasteiger partial charge in [0, 0.05) is 18.5 Å². The maximum Gasteiger partial charge on any atom is 0.326 e. The quantitative estimate of drug-likeness (QED) is 0.832. The number of amides is 1. The Morgan fingerprint density at radius 1 is 1.12 bits per heavy atom. The smallest absolute Gasteiger partial charge is 0.326 e. The summed E-state index contributed by atoms with van der Waals surface area (Å²) < 4.78 is 22.5. The molecule has 136 valence electrons. The highest BCUT2D eigenvalue weighted by Gasteiger charge is 2.34. The summed E-state index contributed by atoms with van der Waals surface area (Å²) in [5, 5.41) is 14.6. The van der Waals surface area contributed by atoms with Crippen molar-refractivity contribution in [2.24, 2.45) is 5.14 Å². The van der Waals surface area contributed by atoms with Crippen molar-refractivity contribution in [1.29, 1.82) is 0 Å². The first-order valence-corrected chi connectivity index (χ1v) is 9.66. The van der Waals surface area contributed by atoms with Gasteiger partial charge in [0.15, 0.2) is 0 Å². The molecule has 0 radical (unpaired) electrons. The average Bonchev–Trinajstić information content (AvgIpc) is 2.58. The van der Waals surface area contributed by atoms with Crippen LogP contribution in [0.15, 0.2) is 48.5 Å². The van der Waals surface area contributed by atoms with E-state index in [0.29, 0.717) is 5.56 Å². The lowest BCUT2D eigenvalue weighted by molar-refractivity contribution is -0.142. The van der Waals surface area contributed by atoms with Crippen LogP contribution < -0.4 is 5.14 Å². The largest absolute Gasteiger partial charge is 0.480 e. The van der Waals surface area contributed by atoms with Gasteiger partial charge in [-0.1, -0.05) is 36.4 Å². The number of hydrogen-bond acceptors (Lipinski definition) is 4. The lowest BCUT2D eigenvalue weighted by atomic mass is 9.93. The van der Waals surface area contributed by atoms with Crippen molar-refractivity contribution in [3.8, 4) is 0 Å². The van der Waals surface area contributed by atoms with Crippen LogP contribution in [0.3, 0.4) is 0 Å².